The molecule has 1 aromatic rings. The van der Waals surface area contributed by atoms with Gasteiger partial charge in [-0.3, -0.25) is 4.79 Å². The third kappa shape index (κ3) is 2.88. The van der Waals surface area contributed by atoms with Gasteiger partial charge in [0.05, 0.1) is 0 Å². The Labute approximate surface area is 99.9 Å². The Morgan fingerprint density at radius 2 is 2.24 bits per heavy atom. The van der Waals surface area contributed by atoms with E-state index in [0.717, 1.165) is 6.42 Å². The first kappa shape index (κ1) is 11.7. The molecule has 0 aromatic heterocycles. The van der Waals surface area contributed by atoms with Crippen molar-refractivity contribution in [3.8, 4) is 11.5 Å². The summed E-state index contributed by atoms with van der Waals surface area (Å²) >= 11 is 0. The van der Waals surface area contributed by atoms with Gasteiger partial charge in [-0.15, -0.1) is 0 Å². The van der Waals surface area contributed by atoms with Crippen molar-refractivity contribution < 1.29 is 14.3 Å². The average molecular weight is 236 g/mol. The Balaban J connectivity index is 1.97. The molecule has 1 atom stereocenters. The first-order chi connectivity index (χ1) is 8.19. The molecule has 0 saturated heterocycles. The summed E-state index contributed by atoms with van der Waals surface area (Å²) in [6.07, 6.45) is 1.11. The monoisotopic (exact) mass is 236 g/mol. The van der Waals surface area contributed by atoms with Gasteiger partial charge in [0, 0.05) is 24.2 Å². The van der Waals surface area contributed by atoms with Crippen LogP contribution in [-0.2, 0) is 4.79 Å². The second-order valence-corrected chi connectivity index (χ2v) is 3.99. The summed E-state index contributed by atoms with van der Waals surface area (Å²) in [5.41, 5.74) is 6.41. The highest BCUT2D eigenvalue weighted by molar-refractivity contribution is 5.91. The van der Waals surface area contributed by atoms with E-state index >= 15 is 0 Å². The highest BCUT2D eigenvalue weighted by Crippen LogP contribution is 2.34. The van der Waals surface area contributed by atoms with Crippen molar-refractivity contribution in [1.82, 2.24) is 0 Å². The molecule has 1 aliphatic rings. The summed E-state index contributed by atoms with van der Waals surface area (Å²) in [5, 5.41) is 2.78. The molecule has 1 aromatic carbocycles. The van der Waals surface area contributed by atoms with Crippen molar-refractivity contribution >= 4 is 11.6 Å². The molecule has 1 heterocycles. The molecule has 5 nitrogen and oxygen atoms in total. The maximum Gasteiger partial charge on any atom is 0.231 e. The van der Waals surface area contributed by atoms with Crippen LogP contribution < -0.4 is 20.5 Å². The predicted octanol–water partition coefficient (Wildman–Crippen LogP) is 1.48. The lowest BCUT2D eigenvalue weighted by atomic mass is 10.1. The maximum absolute atomic E-state index is 11.6. The Morgan fingerprint density at radius 1 is 1.47 bits per heavy atom. The number of hydrogen-bond acceptors (Lipinski definition) is 4. The minimum absolute atomic E-state index is 0.0850. The molecule has 0 radical (unpaired) electrons. The Bertz CT molecular complexity index is 420. The fourth-order valence-corrected chi connectivity index (χ4v) is 1.57. The van der Waals surface area contributed by atoms with Gasteiger partial charge in [-0.1, -0.05) is 6.92 Å². The first-order valence-electron chi connectivity index (χ1n) is 5.64. The van der Waals surface area contributed by atoms with Crippen LogP contribution in [0, 0.1) is 0 Å². The van der Waals surface area contributed by atoms with E-state index in [0.29, 0.717) is 23.6 Å². The summed E-state index contributed by atoms with van der Waals surface area (Å²) in [6.45, 7) is 2.19. The minimum Gasteiger partial charge on any atom is -0.454 e. The fourth-order valence-electron chi connectivity index (χ4n) is 1.57. The number of carbonyl (C=O) groups excluding carboxylic acids is 1. The summed E-state index contributed by atoms with van der Waals surface area (Å²) in [7, 11) is 0. The molecular weight excluding hydrogens is 220 g/mol. The van der Waals surface area contributed by atoms with E-state index in [1.165, 1.54) is 0 Å². The Kier molecular flexibility index (Phi) is 3.49. The van der Waals surface area contributed by atoms with Crippen LogP contribution in [0.1, 0.15) is 19.8 Å². The van der Waals surface area contributed by atoms with Crippen LogP contribution in [0.4, 0.5) is 5.69 Å². The lowest BCUT2D eigenvalue weighted by molar-refractivity contribution is -0.116. The topological polar surface area (TPSA) is 73.6 Å². The number of anilines is 1. The summed E-state index contributed by atoms with van der Waals surface area (Å²) in [4.78, 5) is 11.6. The van der Waals surface area contributed by atoms with Gasteiger partial charge >= 0.3 is 0 Å². The van der Waals surface area contributed by atoms with Crippen LogP contribution in [0.25, 0.3) is 0 Å². The summed E-state index contributed by atoms with van der Waals surface area (Å²) in [5.74, 6) is 1.27. The van der Waals surface area contributed by atoms with Gasteiger partial charge in [0.15, 0.2) is 11.5 Å². The van der Waals surface area contributed by atoms with Crippen molar-refractivity contribution in [3.05, 3.63) is 18.2 Å². The maximum atomic E-state index is 11.6. The number of nitrogens with one attached hydrogen (secondary N) is 1. The molecule has 1 aliphatic heterocycles. The molecule has 0 aliphatic carbocycles. The van der Waals surface area contributed by atoms with Crippen LogP contribution in [0.5, 0.6) is 11.5 Å². The van der Waals surface area contributed by atoms with Gasteiger partial charge in [-0.2, -0.15) is 0 Å². The average Bonchev–Trinajstić information content (AvgIpc) is 2.75. The smallest absolute Gasteiger partial charge is 0.231 e. The third-order valence-corrected chi connectivity index (χ3v) is 2.63. The van der Waals surface area contributed by atoms with Gasteiger partial charge in [0.25, 0.3) is 0 Å². The highest BCUT2D eigenvalue weighted by atomic mass is 16.7. The lowest BCUT2D eigenvalue weighted by Gasteiger charge is -2.09. The van der Waals surface area contributed by atoms with Crippen molar-refractivity contribution in [1.29, 1.82) is 0 Å². The van der Waals surface area contributed by atoms with Gasteiger partial charge in [-0.05, 0) is 18.6 Å². The van der Waals surface area contributed by atoms with E-state index in [-0.39, 0.29) is 18.7 Å². The second kappa shape index (κ2) is 5.05. The van der Waals surface area contributed by atoms with Gasteiger partial charge in [0.1, 0.15) is 0 Å². The molecule has 2 rings (SSSR count). The standard InChI is InChI=1S/C12H16N2O3/c1-2-8(13)5-12(15)14-9-3-4-10-11(6-9)17-7-16-10/h3-4,6,8H,2,5,7,13H2,1H3,(H,14,15). The van der Waals surface area contributed by atoms with E-state index in [1.807, 2.05) is 6.92 Å². The van der Waals surface area contributed by atoms with E-state index in [4.69, 9.17) is 15.2 Å². The highest BCUT2D eigenvalue weighted by Gasteiger charge is 2.14. The van der Waals surface area contributed by atoms with Gasteiger partial charge in [-0.25, -0.2) is 0 Å². The molecule has 0 saturated carbocycles. The lowest BCUT2D eigenvalue weighted by Crippen LogP contribution is -2.26. The number of nitrogens with two attached hydrogens (primary N) is 1. The molecule has 3 N–H and O–H groups in total. The van der Waals surface area contributed by atoms with Crippen LogP contribution in [0.15, 0.2) is 18.2 Å². The van der Waals surface area contributed by atoms with E-state index < -0.39 is 0 Å². The molecule has 0 bridgehead atoms. The Hall–Kier alpha value is -1.75. The predicted molar refractivity (Wildman–Crippen MR) is 64.1 cm³/mol. The number of rotatable bonds is 4. The number of fused-ring (bicyclic) bond motifs is 1. The van der Waals surface area contributed by atoms with Crippen molar-refractivity contribution in [2.75, 3.05) is 12.1 Å². The number of benzene rings is 1. The SMILES string of the molecule is CCC(N)CC(=O)Nc1ccc2c(c1)OCO2. The third-order valence-electron chi connectivity index (χ3n) is 2.63. The first-order valence-corrected chi connectivity index (χ1v) is 5.64. The largest absolute Gasteiger partial charge is 0.454 e. The minimum atomic E-state index is -0.0935. The molecule has 1 amide bonds. The van der Waals surface area contributed by atoms with Gasteiger partial charge < -0.3 is 20.5 Å². The van der Waals surface area contributed by atoms with Crippen LogP contribution >= 0.6 is 0 Å². The molecule has 0 fully saturated rings. The number of ether oxygens (including phenoxy) is 2. The quantitative estimate of drug-likeness (QED) is 0.830. The fraction of sp³-hybridized carbons (Fsp3) is 0.417. The molecule has 17 heavy (non-hydrogen) atoms. The van der Waals surface area contributed by atoms with E-state index in [1.54, 1.807) is 18.2 Å². The van der Waals surface area contributed by atoms with E-state index in [2.05, 4.69) is 5.32 Å². The van der Waals surface area contributed by atoms with Gasteiger partial charge in [0.2, 0.25) is 12.7 Å². The van der Waals surface area contributed by atoms with E-state index in [9.17, 15) is 4.79 Å². The summed E-state index contributed by atoms with van der Waals surface area (Å²) in [6, 6.07) is 5.21. The molecule has 5 heteroatoms. The number of hydrogen-bond donors (Lipinski definition) is 2. The molecule has 92 valence electrons. The van der Waals surface area contributed by atoms with Crippen molar-refractivity contribution in [2.45, 2.75) is 25.8 Å². The zero-order chi connectivity index (χ0) is 12.3. The number of amides is 1. The number of carbonyl (C=O) groups is 1. The zero-order valence-corrected chi connectivity index (χ0v) is 9.73. The molecule has 0 spiro atoms. The summed E-state index contributed by atoms with van der Waals surface area (Å²) < 4.78 is 10.4. The van der Waals surface area contributed by atoms with Crippen LogP contribution in [0.3, 0.4) is 0 Å². The zero-order valence-electron chi connectivity index (χ0n) is 9.73. The van der Waals surface area contributed by atoms with Crippen LogP contribution in [-0.4, -0.2) is 18.7 Å². The molecule has 1 unspecified atom stereocenters. The molecular formula is C12H16N2O3. The van der Waals surface area contributed by atoms with Crippen molar-refractivity contribution in [3.63, 3.8) is 0 Å². The van der Waals surface area contributed by atoms with Crippen molar-refractivity contribution in [2.24, 2.45) is 5.73 Å². The normalized spacial score (nSPS) is 14.5. The Morgan fingerprint density at radius 3 is 3.00 bits per heavy atom. The van der Waals surface area contributed by atoms with Crippen LogP contribution in [0.2, 0.25) is 0 Å². The second-order valence-electron chi connectivity index (χ2n) is 3.99.